The van der Waals surface area contributed by atoms with Crippen LogP contribution < -0.4 is 9.44 Å². The van der Waals surface area contributed by atoms with E-state index in [1.807, 2.05) is 11.6 Å². The van der Waals surface area contributed by atoms with Crippen molar-refractivity contribution in [1.82, 2.24) is 0 Å². The zero-order valence-corrected chi connectivity index (χ0v) is 18.8. The third-order valence-electron chi connectivity index (χ3n) is 4.68. The van der Waals surface area contributed by atoms with Gasteiger partial charge >= 0.3 is 0 Å². The van der Waals surface area contributed by atoms with Crippen molar-refractivity contribution in [1.29, 1.82) is 0 Å². The summed E-state index contributed by atoms with van der Waals surface area (Å²) in [6.45, 7) is 5.09. The van der Waals surface area contributed by atoms with E-state index in [1.54, 1.807) is 25.1 Å². The van der Waals surface area contributed by atoms with Gasteiger partial charge in [0.1, 0.15) is 4.90 Å². The maximum Gasteiger partial charge on any atom is 0.264 e. The first kappa shape index (κ1) is 23.6. The van der Waals surface area contributed by atoms with E-state index in [0.717, 1.165) is 11.6 Å². The van der Waals surface area contributed by atoms with Crippen LogP contribution in [0.1, 0.15) is 16.7 Å². The van der Waals surface area contributed by atoms with E-state index in [0.29, 0.717) is 28.9 Å². The van der Waals surface area contributed by atoms with Crippen LogP contribution in [0.25, 0.3) is 0 Å². The summed E-state index contributed by atoms with van der Waals surface area (Å²) in [7, 11) is -8.78. The minimum absolute atomic E-state index is 0.169. The minimum atomic E-state index is -4.69. The van der Waals surface area contributed by atoms with Gasteiger partial charge in [0.05, 0.1) is 16.3 Å². The average molecular weight is 485 g/mol. The Morgan fingerprint density at radius 1 is 0.656 bits per heavy atom. The second kappa shape index (κ2) is 8.47. The zero-order chi connectivity index (χ0) is 23.8. The Bertz CT molecular complexity index is 1420. The van der Waals surface area contributed by atoms with Gasteiger partial charge in [0, 0.05) is 0 Å². The molecule has 32 heavy (non-hydrogen) atoms. The van der Waals surface area contributed by atoms with Crippen molar-refractivity contribution in [3.63, 3.8) is 0 Å². The molecule has 0 saturated heterocycles. The van der Waals surface area contributed by atoms with Crippen molar-refractivity contribution in [3.05, 3.63) is 82.7 Å². The van der Waals surface area contributed by atoms with Crippen LogP contribution >= 0.6 is 0 Å². The molecule has 0 aromatic heterocycles. The summed E-state index contributed by atoms with van der Waals surface area (Å²) in [5.74, 6) is -5.35. The number of halogens is 3. The lowest BCUT2D eigenvalue weighted by atomic mass is 10.1. The fourth-order valence-electron chi connectivity index (χ4n) is 2.93. The Kier molecular flexibility index (Phi) is 6.25. The van der Waals surface area contributed by atoms with Gasteiger partial charge in [0.2, 0.25) is 0 Å². The van der Waals surface area contributed by atoms with E-state index in [4.69, 9.17) is 0 Å². The van der Waals surface area contributed by atoms with E-state index in [9.17, 15) is 30.0 Å². The molecule has 0 aliphatic carbocycles. The van der Waals surface area contributed by atoms with Crippen LogP contribution in [-0.2, 0) is 20.0 Å². The molecule has 3 aromatic rings. The Morgan fingerprint density at radius 3 is 1.97 bits per heavy atom. The number of aryl methyl sites for hydroxylation is 3. The lowest BCUT2D eigenvalue weighted by Crippen LogP contribution is -2.18. The number of benzene rings is 3. The molecule has 0 bridgehead atoms. The van der Waals surface area contributed by atoms with Crippen molar-refractivity contribution < 1.29 is 30.0 Å². The van der Waals surface area contributed by atoms with E-state index in [1.165, 1.54) is 19.1 Å². The summed E-state index contributed by atoms with van der Waals surface area (Å²) >= 11 is 0. The number of hydrogen-bond donors (Lipinski definition) is 2. The van der Waals surface area contributed by atoms with Crippen LogP contribution in [0.15, 0.2) is 58.3 Å². The molecule has 11 heteroatoms. The fraction of sp³-hybridized carbons (Fsp3) is 0.143. The Morgan fingerprint density at radius 2 is 1.31 bits per heavy atom. The molecule has 0 radical (unpaired) electrons. The number of sulfonamides is 2. The SMILES string of the molecule is Cc1ccc(NS(=O)(=O)c2ccc(C)c(NS(=O)(=O)c3ccc(F)c(F)c3F)c2)c(C)c1. The third-order valence-corrected chi connectivity index (χ3v) is 7.43. The van der Waals surface area contributed by atoms with Gasteiger partial charge in [-0.05, 0) is 62.2 Å². The second-order valence-corrected chi connectivity index (χ2v) is 10.5. The summed E-state index contributed by atoms with van der Waals surface area (Å²) in [4.78, 5) is -1.37. The average Bonchev–Trinajstić information content (AvgIpc) is 2.69. The first-order valence-corrected chi connectivity index (χ1v) is 12.2. The molecule has 0 heterocycles. The van der Waals surface area contributed by atoms with E-state index in [-0.39, 0.29) is 10.6 Å². The molecule has 170 valence electrons. The van der Waals surface area contributed by atoms with Crippen molar-refractivity contribution >= 4 is 31.4 Å². The van der Waals surface area contributed by atoms with E-state index >= 15 is 0 Å². The molecule has 0 amide bonds. The van der Waals surface area contributed by atoms with Gasteiger partial charge in [-0.25, -0.2) is 30.0 Å². The lowest BCUT2D eigenvalue weighted by Gasteiger charge is -2.15. The lowest BCUT2D eigenvalue weighted by molar-refractivity contribution is 0.432. The molecule has 0 saturated carbocycles. The van der Waals surface area contributed by atoms with Crippen molar-refractivity contribution in [2.45, 2.75) is 30.6 Å². The summed E-state index contributed by atoms with van der Waals surface area (Å²) in [5, 5.41) is 0. The highest BCUT2D eigenvalue weighted by molar-refractivity contribution is 7.93. The smallest absolute Gasteiger partial charge is 0.264 e. The van der Waals surface area contributed by atoms with Crippen LogP contribution in [-0.4, -0.2) is 16.8 Å². The molecule has 6 nitrogen and oxygen atoms in total. The fourth-order valence-corrected chi connectivity index (χ4v) is 5.27. The van der Waals surface area contributed by atoms with Crippen LogP contribution in [0.4, 0.5) is 24.5 Å². The van der Waals surface area contributed by atoms with E-state index in [2.05, 4.69) is 4.72 Å². The summed E-state index contributed by atoms with van der Waals surface area (Å²) in [6.07, 6.45) is 0. The highest BCUT2D eigenvalue weighted by atomic mass is 32.2. The van der Waals surface area contributed by atoms with E-state index < -0.39 is 42.4 Å². The maximum atomic E-state index is 14.0. The number of rotatable bonds is 6. The highest BCUT2D eigenvalue weighted by Crippen LogP contribution is 2.27. The Hall–Kier alpha value is -3.05. The summed E-state index contributed by atoms with van der Waals surface area (Å²) in [5.41, 5.74) is 2.14. The largest absolute Gasteiger partial charge is 0.279 e. The molecule has 0 aliphatic rings. The topological polar surface area (TPSA) is 92.3 Å². The first-order chi connectivity index (χ1) is 14.8. The number of hydrogen-bond acceptors (Lipinski definition) is 4. The Labute approximate surface area is 184 Å². The third kappa shape index (κ3) is 4.73. The van der Waals surface area contributed by atoms with Gasteiger partial charge in [-0.1, -0.05) is 23.8 Å². The molecule has 0 fully saturated rings. The monoisotopic (exact) mass is 484 g/mol. The van der Waals surface area contributed by atoms with Crippen LogP contribution in [0.2, 0.25) is 0 Å². The summed E-state index contributed by atoms with van der Waals surface area (Å²) < 4.78 is 95.9. The van der Waals surface area contributed by atoms with Gasteiger partial charge in [-0.2, -0.15) is 0 Å². The quantitative estimate of drug-likeness (QED) is 0.499. The standard InChI is InChI=1S/C21H19F3N2O4S2/c1-12-4-8-17(14(3)10-12)25-31(27,28)15-6-5-13(2)18(11-15)26-32(29,30)19-9-7-16(22)20(23)21(19)24/h4-11,25-26H,1-3H3. The molecule has 2 N–H and O–H groups in total. The number of nitrogens with one attached hydrogen (secondary N) is 2. The van der Waals surface area contributed by atoms with Crippen molar-refractivity contribution in [2.75, 3.05) is 9.44 Å². The van der Waals surface area contributed by atoms with Crippen LogP contribution in [0, 0.1) is 38.2 Å². The molecule has 0 atom stereocenters. The Balaban J connectivity index is 1.97. The predicted octanol–water partition coefficient (Wildman–Crippen LogP) is 4.63. The number of anilines is 2. The summed E-state index contributed by atoms with van der Waals surface area (Å²) in [6, 6.07) is 9.87. The van der Waals surface area contributed by atoms with Gasteiger partial charge in [-0.15, -0.1) is 0 Å². The highest BCUT2D eigenvalue weighted by Gasteiger charge is 2.25. The molecule has 3 rings (SSSR count). The van der Waals surface area contributed by atoms with Crippen LogP contribution in [0.5, 0.6) is 0 Å². The van der Waals surface area contributed by atoms with Gasteiger partial charge in [0.25, 0.3) is 20.0 Å². The maximum absolute atomic E-state index is 14.0. The van der Waals surface area contributed by atoms with Crippen LogP contribution in [0.3, 0.4) is 0 Å². The normalized spacial score (nSPS) is 11.9. The van der Waals surface area contributed by atoms with Crippen molar-refractivity contribution in [2.24, 2.45) is 0 Å². The molecule has 0 spiro atoms. The molecule has 3 aromatic carbocycles. The first-order valence-electron chi connectivity index (χ1n) is 9.19. The van der Waals surface area contributed by atoms with Gasteiger partial charge in [0.15, 0.2) is 17.5 Å². The zero-order valence-electron chi connectivity index (χ0n) is 17.2. The molecule has 0 aliphatic heterocycles. The van der Waals surface area contributed by atoms with Crippen molar-refractivity contribution in [3.8, 4) is 0 Å². The molecule has 0 unspecified atom stereocenters. The molecular weight excluding hydrogens is 465 g/mol. The molecular formula is C21H19F3N2O4S2. The second-order valence-electron chi connectivity index (χ2n) is 7.18. The van der Waals surface area contributed by atoms with Gasteiger partial charge in [-0.3, -0.25) is 9.44 Å². The predicted molar refractivity (Wildman–Crippen MR) is 115 cm³/mol. The van der Waals surface area contributed by atoms with Gasteiger partial charge < -0.3 is 0 Å². The minimum Gasteiger partial charge on any atom is -0.279 e.